The number of amides is 1. The van der Waals surface area contributed by atoms with Crippen molar-refractivity contribution in [1.29, 1.82) is 0 Å². The summed E-state index contributed by atoms with van der Waals surface area (Å²) in [4.78, 5) is 14.6. The summed E-state index contributed by atoms with van der Waals surface area (Å²) in [5.74, 6) is -0.677. The van der Waals surface area contributed by atoms with Gasteiger partial charge >= 0.3 is 7.12 Å². The predicted octanol–water partition coefficient (Wildman–Crippen LogP) is -0.135. The minimum absolute atomic E-state index is 0.269. The Morgan fingerprint density at radius 3 is 2.75 bits per heavy atom. The van der Waals surface area contributed by atoms with Gasteiger partial charge in [0.1, 0.15) is 4.99 Å². The number of hydrogen-bond acceptors (Lipinski definition) is 5. The van der Waals surface area contributed by atoms with Crippen molar-refractivity contribution in [3.8, 4) is 0 Å². The summed E-state index contributed by atoms with van der Waals surface area (Å²) in [6, 6.07) is 8.54. The quantitative estimate of drug-likeness (QED) is 0.422. The molecule has 0 unspecified atom stereocenters. The number of likely N-dealkylation sites (tertiary alicyclic amines) is 1. The SMILES string of the molecule is C[C@H](NC(=O)[C@@H](N)Cc1ccccc1)C(=S)N1CCC[C@H]1B(O)O. The molecule has 0 saturated carbocycles. The molecule has 1 aromatic rings. The van der Waals surface area contributed by atoms with Gasteiger partial charge in [-0.05, 0) is 31.7 Å². The standard InChI is InChI=1S/C16H24BN3O3S/c1-11(16(24)20-9-5-8-14(20)17(22)23)19-15(21)13(18)10-12-6-3-2-4-7-12/h2-4,6-7,11,13-14,22-23H,5,8-10,18H2,1H3,(H,19,21)/t11-,13-,14-/m0/s1. The molecule has 0 spiro atoms. The Morgan fingerprint density at radius 1 is 1.46 bits per heavy atom. The van der Waals surface area contributed by atoms with Crippen molar-refractivity contribution in [2.45, 2.75) is 44.2 Å². The summed E-state index contributed by atoms with van der Waals surface area (Å²) in [5.41, 5.74) is 6.98. The highest BCUT2D eigenvalue weighted by atomic mass is 32.1. The van der Waals surface area contributed by atoms with E-state index in [4.69, 9.17) is 18.0 Å². The van der Waals surface area contributed by atoms with E-state index in [1.165, 1.54) is 0 Å². The highest BCUT2D eigenvalue weighted by Crippen LogP contribution is 2.20. The molecule has 3 atom stereocenters. The molecule has 0 aromatic heterocycles. The fraction of sp³-hybridized carbons (Fsp3) is 0.500. The number of nitrogens with two attached hydrogens (primary N) is 1. The van der Waals surface area contributed by atoms with Crippen LogP contribution in [0.2, 0.25) is 0 Å². The fourth-order valence-corrected chi connectivity index (χ4v) is 3.25. The number of rotatable bonds is 6. The molecule has 1 heterocycles. The van der Waals surface area contributed by atoms with Crippen molar-refractivity contribution in [3.05, 3.63) is 35.9 Å². The molecule has 1 saturated heterocycles. The first-order valence-corrected chi connectivity index (χ1v) is 8.57. The highest BCUT2D eigenvalue weighted by molar-refractivity contribution is 7.80. The van der Waals surface area contributed by atoms with Crippen LogP contribution in [0.25, 0.3) is 0 Å². The molecule has 6 nitrogen and oxygen atoms in total. The largest absolute Gasteiger partial charge is 0.475 e. The molecule has 0 aliphatic carbocycles. The molecule has 8 heteroatoms. The average Bonchev–Trinajstić information content (AvgIpc) is 3.04. The van der Waals surface area contributed by atoms with Gasteiger partial charge in [0.05, 0.1) is 18.0 Å². The van der Waals surface area contributed by atoms with E-state index in [0.29, 0.717) is 24.4 Å². The van der Waals surface area contributed by atoms with E-state index < -0.39 is 25.1 Å². The number of carbonyl (C=O) groups is 1. The normalized spacial score (nSPS) is 19.7. The van der Waals surface area contributed by atoms with Crippen LogP contribution >= 0.6 is 12.2 Å². The van der Waals surface area contributed by atoms with E-state index >= 15 is 0 Å². The third-order valence-corrected chi connectivity index (χ3v) is 4.88. The molecular weight excluding hydrogens is 325 g/mol. The highest BCUT2D eigenvalue weighted by Gasteiger charge is 2.36. The average molecular weight is 349 g/mol. The van der Waals surface area contributed by atoms with Crippen LogP contribution in [0, 0.1) is 0 Å². The van der Waals surface area contributed by atoms with Gasteiger partial charge < -0.3 is 26.0 Å². The molecule has 2 rings (SSSR count). The van der Waals surface area contributed by atoms with Crippen LogP contribution in [0.4, 0.5) is 0 Å². The summed E-state index contributed by atoms with van der Waals surface area (Å²) < 4.78 is 0. The van der Waals surface area contributed by atoms with Gasteiger partial charge in [0.25, 0.3) is 0 Å². The molecule has 0 radical (unpaired) electrons. The third-order valence-electron chi connectivity index (χ3n) is 4.29. The number of carbonyl (C=O) groups excluding carboxylic acids is 1. The lowest BCUT2D eigenvalue weighted by atomic mass is 9.78. The summed E-state index contributed by atoms with van der Waals surface area (Å²) in [6.45, 7) is 2.45. The Bertz CT molecular complexity index is 573. The smallest absolute Gasteiger partial charge is 0.426 e. The fourth-order valence-electron chi connectivity index (χ4n) is 2.97. The summed E-state index contributed by atoms with van der Waals surface area (Å²) in [6.07, 6.45) is 1.97. The molecule has 130 valence electrons. The van der Waals surface area contributed by atoms with Gasteiger partial charge in [-0.3, -0.25) is 4.79 Å². The van der Waals surface area contributed by atoms with Crippen molar-refractivity contribution in [2.24, 2.45) is 5.73 Å². The second kappa shape index (κ2) is 8.57. The molecular formula is C16H24BN3O3S. The number of hydrogen-bond donors (Lipinski definition) is 4. The Balaban J connectivity index is 1.89. The number of nitrogens with zero attached hydrogens (tertiary/aromatic N) is 1. The Hall–Kier alpha value is -1.48. The first-order chi connectivity index (χ1) is 11.4. The van der Waals surface area contributed by atoms with Crippen LogP contribution in [-0.2, 0) is 11.2 Å². The van der Waals surface area contributed by atoms with Crippen molar-refractivity contribution in [3.63, 3.8) is 0 Å². The number of benzene rings is 1. The lowest BCUT2D eigenvalue weighted by Gasteiger charge is -2.30. The first kappa shape index (κ1) is 18.9. The van der Waals surface area contributed by atoms with Crippen molar-refractivity contribution >= 4 is 30.2 Å². The molecule has 1 aliphatic heterocycles. The lowest BCUT2D eigenvalue weighted by Crippen LogP contribution is -2.54. The predicted molar refractivity (Wildman–Crippen MR) is 98.2 cm³/mol. The summed E-state index contributed by atoms with van der Waals surface area (Å²) >= 11 is 5.42. The molecule has 1 amide bonds. The molecule has 0 bridgehead atoms. The number of thiocarbonyl (C=S) groups is 1. The zero-order valence-corrected chi connectivity index (χ0v) is 14.6. The maximum atomic E-state index is 12.3. The van der Waals surface area contributed by atoms with E-state index in [-0.39, 0.29) is 5.91 Å². The van der Waals surface area contributed by atoms with Crippen molar-refractivity contribution < 1.29 is 14.8 Å². The molecule has 1 aliphatic rings. The van der Waals surface area contributed by atoms with Crippen LogP contribution < -0.4 is 11.1 Å². The Morgan fingerprint density at radius 2 is 2.12 bits per heavy atom. The van der Waals surface area contributed by atoms with E-state index in [1.54, 1.807) is 11.8 Å². The molecule has 5 N–H and O–H groups in total. The van der Waals surface area contributed by atoms with Gasteiger partial charge in [0, 0.05) is 6.54 Å². The topological polar surface area (TPSA) is 98.8 Å². The first-order valence-electron chi connectivity index (χ1n) is 8.16. The Labute approximate surface area is 148 Å². The second-order valence-corrected chi connectivity index (χ2v) is 6.60. The maximum absolute atomic E-state index is 12.3. The van der Waals surface area contributed by atoms with Crippen molar-refractivity contribution in [1.82, 2.24) is 10.2 Å². The second-order valence-electron chi connectivity index (χ2n) is 6.18. The lowest BCUT2D eigenvalue weighted by molar-refractivity contribution is -0.122. The van der Waals surface area contributed by atoms with Crippen LogP contribution in [0.5, 0.6) is 0 Å². The zero-order valence-electron chi connectivity index (χ0n) is 13.8. The van der Waals surface area contributed by atoms with Gasteiger partial charge in [-0.15, -0.1) is 0 Å². The third kappa shape index (κ3) is 4.76. The molecule has 1 fully saturated rings. The zero-order chi connectivity index (χ0) is 17.7. The van der Waals surface area contributed by atoms with Crippen LogP contribution in [0.3, 0.4) is 0 Å². The van der Waals surface area contributed by atoms with Gasteiger partial charge in [-0.1, -0.05) is 42.5 Å². The van der Waals surface area contributed by atoms with E-state index in [1.807, 2.05) is 30.3 Å². The van der Waals surface area contributed by atoms with Crippen LogP contribution in [0.15, 0.2) is 30.3 Å². The van der Waals surface area contributed by atoms with E-state index in [2.05, 4.69) is 5.32 Å². The Kier molecular flexibility index (Phi) is 6.74. The van der Waals surface area contributed by atoms with Crippen molar-refractivity contribution in [2.75, 3.05) is 6.54 Å². The van der Waals surface area contributed by atoms with Gasteiger partial charge in [0.2, 0.25) is 5.91 Å². The summed E-state index contributed by atoms with van der Waals surface area (Å²) in [5, 5.41) is 21.7. The molecule has 1 aromatic carbocycles. The minimum Gasteiger partial charge on any atom is -0.426 e. The minimum atomic E-state index is -1.44. The van der Waals surface area contributed by atoms with Crippen LogP contribution in [-0.4, -0.2) is 57.5 Å². The van der Waals surface area contributed by atoms with E-state index in [9.17, 15) is 14.8 Å². The monoisotopic (exact) mass is 349 g/mol. The van der Waals surface area contributed by atoms with Gasteiger partial charge in [-0.25, -0.2) is 0 Å². The molecule has 24 heavy (non-hydrogen) atoms. The van der Waals surface area contributed by atoms with Gasteiger partial charge in [-0.2, -0.15) is 0 Å². The summed E-state index contributed by atoms with van der Waals surface area (Å²) in [7, 11) is -1.44. The van der Waals surface area contributed by atoms with Crippen LogP contribution in [0.1, 0.15) is 25.3 Å². The number of nitrogens with one attached hydrogen (secondary N) is 1. The van der Waals surface area contributed by atoms with Gasteiger partial charge in [0.15, 0.2) is 0 Å². The maximum Gasteiger partial charge on any atom is 0.475 e. The van der Waals surface area contributed by atoms with E-state index in [0.717, 1.165) is 12.0 Å².